The molecule has 6 heteroatoms. The lowest BCUT2D eigenvalue weighted by molar-refractivity contribution is -0.148. The molecule has 2 aromatic rings. The number of esters is 1. The second kappa shape index (κ2) is 9.43. The van der Waals surface area contributed by atoms with Gasteiger partial charge < -0.3 is 19.5 Å². The van der Waals surface area contributed by atoms with E-state index in [0.29, 0.717) is 22.7 Å². The van der Waals surface area contributed by atoms with Gasteiger partial charge in [-0.25, -0.2) is 4.79 Å². The topological polar surface area (TPSA) is 73.9 Å². The Hall–Kier alpha value is -3.28. The first-order valence-corrected chi connectivity index (χ1v) is 8.41. The van der Waals surface area contributed by atoms with Crippen molar-refractivity contribution in [2.45, 2.75) is 20.0 Å². The highest BCUT2D eigenvalue weighted by Crippen LogP contribution is 2.25. The molecule has 27 heavy (non-hydrogen) atoms. The summed E-state index contributed by atoms with van der Waals surface area (Å²) in [6, 6.07) is 12.6. The van der Waals surface area contributed by atoms with Gasteiger partial charge in [0.1, 0.15) is 11.5 Å². The summed E-state index contributed by atoms with van der Waals surface area (Å²) in [5, 5.41) is 2.75. The standard InChI is InChI=1S/C21H23NO5/c1-14-7-5-6-8-18(14)22-21(24)15(2)27-20(23)12-10-16-9-11-17(25-3)13-19(16)26-4/h5-13,15H,1-4H3,(H,22,24)/b12-10+/t15-/m1/s1. The van der Waals surface area contributed by atoms with Gasteiger partial charge in [-0.1, -0.05) is 18.2 Å². The van der Waals surface area contributed by atoms with Crippen LogP contribution in [0.25, 0.3) is 6.08 Å². The van der Waals surface area contributed by atoms with Crippen LogP contribution in [0.3, 0.4) is 0 Å². The molecule has 0 bridgehead atoms. The van der Waals surface area contributed by atoms with Crippen LogP contribution in [0, 0.1) is 6.92 Å². The Morgan fingerprint density at radius 3 is 2.48 bits per heavy atom. The second-order valence-corrected chi connectivity index (χ2v) is 5.82. The number of aryl methyl sites for hydroxylation is 1. The molecule has 2 rings (SSSR count). The van der Waals surface area contributed by atoms with Gasteiger partial charge in [-0.05, 0) is 43.7 Å². The van der Waals surface area contributed by atoms with Gasteiger partial charge in [-0.2, -0.15) is 0 Å². The minimum Gasteiger partial charge on any atom is -0.497 e. The van der Waals surface area contributed by atoms with Gasteiger partial charge in [0.05, 0.1) is 14.2 Å². The Kier molecular flexibility index (Phi) is 7.00. The molecule has 6 nitrogen and oxygen atoms in total. The quantitative estimate of drug-likeness (QED) is 0.596. The predicted octanol–water partition coefficient (Wildman–Crippen LogP) is 3.60. The highest BCUT2D eigenvalue weighted by molar-refractivity contribution is 5.97. The first-order valence-electron chi connectivity index (χ1n) is 8.41. The highest BCUT2D eigenvalue weighted by atomic mass is 16.5. The third-order valence-corrected chi connectivity index (χ3v) is 3.90. The van der Waals surface area contributed by atoms with Crippen LogP contribution in [-0.4, -0.2) is 32.2 Å². The smallest absolute Gasteiger partial charge is 0.331 e. The maximum absolute atomic E-state index is 12.2. The Balaban J connectivity index is 1.97. The van der Waals surface area contributed by atoms with Crippen molar-refractivity contribution in [1.29, 1.82) is 0 Å². The number of ether oxygens (including phenoxy) is 3. The van der Waals surface area contributed by atoms with E-state index in [1.807, 2.05) is 25.1 Å². The van der Waals surface area contributed by atoms with E-state index in [1.165, 1.54) is 20.1 Å². The molecule has 0 radical (unpaired) electrons. The summed E-state index contributed by atoms with van der Waals surface area (Å²) < 4.78 is 15.6. The molecule has 0 fully saturated rings. The zero-order valence-corrected chi connectivity index (χ0v) is 15.8. The van der Waals surface area contributed by atoms with Gasteiger partial charge in [0, 0.05) is 23.4 Å². The number of methoxy groups -OCH3 is 2. The number of carbonyl (C=O) groups is 2. The van der Waals surface area contributed by atoms with Crippen LogP contribution in [-0.2, 0) is 14.3 Å². The SMILES string of the molecule is COc1ccc(/C=C/C(=O)O[C@H](C)C(=O)Nc2ccccc2C)c(OC)c1. The van der Waals surface area contributed by atoms with E-state index in [0.717, 1.165) is 5.56 Å². The monoisotopic (exact) mass is 369 g/mol. The molecule has 1 amide bonds. The van der Waals surface area contributed by atoms with Crippen molar-refractivity contribution < 1.29 is 23.8 Å². The molecule has 0 heterocycles. The zero-order chi connectivity index (χ0) is 19.8. The summed E-state index contributed by atoms with van der Waals surface area (Å²) >= 11 is 0. The number of nitrogens with one attached hydrogen (secondary N) is 1. The molecule has 0 spiro atoms. The van der Waals surface area contributed by atoms with E-state index in [1.54, 1.807) is 37.5 Å². The summed E-state index contributed by atoms with van der Waals surface area (Å²) in [6.45, 7) is 3.41. The Morgan fingerprint density at radius 1 is 1.07 bits per heavy atom. The Bertz CT molecular complexity index is 844. The van der Waals surface area contributed by atoms with Crippen LogP contribution >= 0.6 is 0 Å². The van der Waals surface area contributed by atoms with E-state index in [2.05, 4.69) is 5.32 Å². The van der Waals surface area contributed by atoms with Crippen LogP contribution in [0.5, 0.6) is 11.5 Å². The summed E-state index contributed by atoms with van der Waals surface area (Å²) in [5.74, 6) is 0.185. The van der Waals surface area contributed by atoms with Gasteiger partial charge in [0.25, 0.3) is 5.91 Å². The van der Waals surface area contributed by atoms with E-state index in [9.17, 15) is 9.59 Å². The van der Waals surface area contributed by atoms with Crippen molar-refractivity contribution in [2.24, 2.45) is 0 Å². The number of hydrogen-bond acceptors (Lipinski definition) is 5. The first-order chi connectivity index (χ1) is 12.9. The minimum absolute atomic E-state index is 0.395. The number of para-hydroxylation sites is 1. The maximum Gasteiger partial charge on any atom is 0.331 e. The average molecular weight is 369 g/mol. The Labute approximate surface area is 158 Å². The molecule has 0 unspecified atom stereocenters. The van der Waals surface area contributed by atoms with Gasteiger partial charge in [0.2, 0.25) is 0 Å². The lowest BCUT2D eigenvalue weighted by Gasteiger charge is -2.13. The van der Waals surface area contributed by atoms with Crippen molar-refractivity contribution in [3.63, 3.8) is 0 Å². The number of anilines is 1. The fraction of sp³-hybridized carbons (Fsp3) is 0.238. The summed E-state index contributed by atoms with van der Waals surface area (Å²) in [7, 11) is 3.09. The molecule has 0 aliphatic heterocycles. The van der Waals surface area contributed by atoms with Crippen molar-refractivity contribution >= 4 is 23.6 Å². The zero-order valence-electron chi connectivity index (χ0n) is 15.8. The molecule has 142 valence electrons. The van der Waals surface area contributed by atoms with Crippen LogP contribution in [0.4, 0.5) is 5.69 Å². The van der Waals surface area contributed by atoms with E-state index < -0.39 is 18.0 Å². The molecule has 1 atom stereocenters. The molecular formula is C21H23NO5. The minimum atomic E-state index is -0.931. The van der Waals surface area contributed by atoms with Gasteiger partial charge >= 0.3 is 5.97 Å². The van der Waals surface area contributed by atoms with E-state index in [-0.39, 0.29) is 0 Å². The van der Waals surface area contributed by atoms with Gasteiger partial charge in [0.15, 0.2) is 6.10 Å². The molecular weight excluding hydrogens is 346 g/mol. The van der Waals surface area contributed by atoms with Crippen molar-refractivity contribution in [3.05, 3.63) is 59.7 Å². The molecule has 0 saturated carbocycles. The summed E-state index contributed by atoms with van der Waals surface area (Å²) in [4.78, 5) is 24.2. The third kappa shape index (κ3) is 5.60. The van der Waals surface area contributed by atoms with Crippen LogP contribution in [0.2, 0.25) is 0 Å². The van der Waals surface area contributed by atoms with Crippen LogP contribution < -0.4 is 14.8 Å². The number of hydrogen-bond donors (Lipinski definition) is 1. The van der Waals surface area contributed by atoms with Gasteiger partial charge in [-0.15, -0.1) is 0 Å². The van der Waals surface area contributed by atoms with E-state index >= 15 is 0 Å². The number of benzene rings is 2. The largest absolute Gasteiger partial charge is 0.497 e. The molecule has 0 saturated heterocycles. The second-order valence-electron chi connectivity index (χ2n) is 5.82. The summed E-state index contributed by atoms with van der Waals surface area (Å²) in [5.41, 5.74) is 2.30. The van der Waals surface area contributed by atoms with Gasteiger partial charge in [-0.3, -0.25) is 4.79 Å². The highest BCUT2D eigenvalue weighted by Gasteiger charge is 2.17. The molecule has 0 aromatic heterocycles. The lowest BCUT2D eigenvalue weighted by Crippen LogP contribution is -2.29. The fourth-order valence-corrected chi connectivity index (χ4v) is 2.33. The molecule has 0 aliphatic rings. The fourth-order valence-electron chi connectivity index (χ4n) is 2.33. The van der Waals surface area contributed by atoms with Crippen molar-refractivity contribution in [3.8, 4) is 11.5 Å². The van der Waals surface area contributed by atoms with Crippen molar-refractivity contribution in [2.75, 3.05) is 19.5 Å². The molecule has 2 aromatic carbocycles. The van der Waals surface area contributed by atoms with Crippen LogP contribution in [0.15, 0.2) is 48.5 Å². The maximum atomic E-state index is 12.2. The summed E-state index contributed by atoms with van der Waals surface area (Å²) in [6.07, 6.45) is 1.88. The lowest BCUT2D eigenvalue weighted by atomic mass is 10.1. The number of rotatable bonds is 7. The Morgan fingerprint density at radius 2 is 1.81 bits per heavy atom. The van der Waals surface area contributed by atoms with Crippen molar-refractivity contribution in [1.82, 2.24) is 0 Å². The number of carbonyl (C=O) groups excluding carboxylic acids is 2. The number of amides is 1. The molecule has 0 aliphatic carbocycles. The average Bonchev–Trinajstić information content (AvgIpc) is 2.67. The van der Waals surface area contributed by atoms with Crippen LogP contribution in [0.1, 0.15) is 18.1 Å². The first kappa shape index (κ1) is 20.0. The van der Waals surface area contributed by atoms with E-state index in [4.69, 9.17) is 14.2 Å². The molecule has 1 N–H and O–H groups in total. The normalized spacial score (nSPS) is 11.7. The predicted molar refractivity (Wildman–Crippen MR) is 104 cm³/mol. The third-order valence-electron chi connectivity index (χ3n) is 3.90.